The summed E-state index contributed by atoms with van der Waals surface area (Å²) in [4.78, 5) is 51.6. The molecule has 9 aromatic rings. The van der Waals surface area contributed by atoms with Gasteiger partial charge in [-0.05, 0) is 105 Å². The number of hydrogen-bond donors (Lipinski definition) is 2. The molecule has 0 aliphatic rings. The molecule has 264 valence electrons. The van der Waals surface area contributed by atoms with Gasteiger partial charge in [-0.25, -0.2) is 9.59 Å². The van der Waals surface area contributed by atoms with E-state index in [1.807, 2.05) is 86.6 Å². The van der Waals surface area contributed by atoms with Crippen LogP contribution < -0.4 is 5.32 Å². The van der Waals surface area contributed by atoms with Gasteiger partial charge in [-0.2, -0.15) is 0 Å². The maximum atomic E-state index is 13.5. The van der Waals surface area contributed by atoms with Crippen LogP contribution >= 0.6 is 0 Å². The van der Waals surface area contributed by atoms with Gasteiger partial charge in [0.15, 0.2) is 0 Å². The Balaban J connectivity index is 0.975. The van der Waals surface area contributed by atoms with Crippen LogP contribution in [0.1, 0.15) is 50.5 Å². The largest absolute Gasteiger partial charge is 0.478 e. The Morgan fingerprint density at radius 1 is 0.556 bits per heavy atom. The Bertz CT molecular complexity index is 3000. The van der Waals surface area contributed by atoms with E-state index in [0.29, 0.717) is 28.5 Å². The van der Waals surface area contributed by atoms with Gasteiger partial charge in [0, 0.05) is 5.56 Å². The minimum absolute atomic E-state index is 0.0112. The number of esters is 2. The summed E-state index contributed by atoms with van der Waals surface area (Å²) in [5.74, 6) is -2.14. The molecule has 8 heteroatoms. The van der Waals surface area contributed by atoms with Crippen molar-refractivity contribution in [3.05, 3.63) is 131 Å². The van der Waals surface area contributed by atoms with Gasteiger partial charge in [-0.3, -0.25) is 9.59 Å². The monoisotopic (exact) mass is 711 g/mol. The summed E-state index contributed by atoms with van der Waals surface area (Å²) in [6, 6.07) is 34.2. The van der Waals surface area contributed by atoms with E-state index in [1.54, 1.807) is 24.3 Å². The average Bonchev–Trinajstić information content (AvgIpc) is 3.18. The van der Waals surface area contributed by atoms with Crippen molar-refractivity contribution in [2.45, 2.75) is 20.5 Å². The highest BCUT2D eigenvalue weighted by molar-refractivity contribution is 6.34. The minimum atomic E-state index is -1.02. The van der Waals surface area contributed by atoms with Crippen molar-refractivity contribution < 1.29 is 33.8 Å². The van der Waals surface area contributed by atoms with Crippen molar-refractivity contribution >= 4 is 99.2 Å². The van der Waals surface area contributed by atoms with Crippen LogP contribution in [0.5, 0.6) is 0 Å². The number of ether oxygens (including phenoxy) is 2. The third-order valence-corrected chi connectivity index (χ3v) is 10.4. The molecule has 0 fully saturated rings. The lowest BCUT2D eigenvalue weighted by Gasteiger charge is -2.18. The van der Waals surface area contributed by atoms with Crippen LogP contribution in [0.15, 0.2) is 109 Å². The third kappa shape index (κ3) is 5.21. The van der Waals surface area contributed by atoms with Crippen molar-refractivity contribution in [2.24, 2.45) is 5.92 Å². The quantitative estimate of drug-likeness (QED) is 0.0870. The predicted molar refractivity (Wildman–Crippen MR) is 212 cm³/mol. The number of carbonyl (C=O) groups is 4. The fraction of sp³-hybridized carbons (Fsp3) is 0.130. The predicted octanol–water partition coefficient (Wildman–Crippen LogP) is 9.62. The molecular weight excluding hydrogens is 679 g/mol. The maximum absolute atomic E-state index is 13.5. The number of amides is 1. The van der Waals surface area contributed by atoms with E-state index in [-0.39, 0.29) is 30.6 Å². The first-order valence-electron chi connectivity index (χ1n) is 17.9. The number of rotatable bonds is 9. The summed E-state index contributed by atoms with van der Waals surface area (Å²) in [5, 5.41) is 25.0. The number of hydrogen-bond acceptors (Lipinski definition) is 6. The number of fused-ring (bicyclic) bond motifs is 2. The van der Waals surface area contributed by atoms with Crippen LogP contribution in [0.4, 0.5) is 0 Å². The lowest BCUT2D eigenvalue weighted by Crippen LogP contribution is -2.30. The number of benzene rings is 9. The van der Waals surface area contributed by atoms with E-state index in [1.165, 1.54) is 0 Å². The van der Waals surface area contributed by atoms with Gasteiger partial charge in [-0.15, -0.1) is 0 Å². The number of carboxylic acid groups (broad SMARTS) is 1. The van der Waals surface area contributed by atoms with Crippen molar-refractivity contribution in [1.82, 2.24) is 5.32 Å². The molecular formula is C46H33NO7. The van der Waals surface area contributed by atoms with E-state index >= 15 is 0 Å². The van der Waals surface area contributed by atoms with Crippen LogP contribution in [0.2, 0.25) is 0 Å². The molecule has 0 aliphatic heterocycles. The molecule has 0 atom stereocenters. The summed E-state index contributed by atoms with van der Waals surface area (Å²) in [6.07, 6.45) is 0. The maximum Gasteiger partial charge on any atom is 0.338 e. The molecule has 9 rings (SSSR count). The van der Waals surface area contributed by atoms with Gasteiger partial charge in [0.1, 0.15) is 13.2 Å². The van der Waals surface area contributed by atoms with Crippen LogP contribution in [0.3, 0.4) is 0 Å². The number of carbonyl (C=O) groups excluding carboxylic acids is 3. The van der Waals surface area contributed by atoms with E-state index in [9.17, 15) is 24.3 Å². The van der Waals surface area contributed by atoms with Crippen LogP contribution in [-0.2, 0) is 20.9 Å². The third-order valence-electron chi connectivity index (χ3n) is 10.4. The molecule has 0 heterocycles. The van der Waals surface area contributed by atoms with Gasteiger partial charge in [0.25, 0.3) is 5.91 Å². The van der Waals surface area contributed by atoms with E-state index in [4.69, 9.17) is 9.47 Å². The average molecular weight is 712 g/mol. The summed E-state index contributed by atoms with van der Waals surface area (Å²) in [5.41, 5.74) is 1.94. The molecule has 54 heavy (non-hydrogen) atoms. The molecule has 0 bridgehead atoms. The number of nitrogens with one attached hydrogen (secondary N) is 1. The Hall–Kier alpha value is -6.80. The Morgan fingerprint density at radius 2 is 1.06 bits per heavy atom. The topological polar surface area (TPSA) is 119 Å². The minimum Gasteiger partial charge on any atom is -0.478 e. The molecule has 8 nitrogen and oxygen atoms in total. The first-order valence-corrected chi connectivity index (χ1v) is 17.9. The molecule has 0 unspecified atom stereocenters. The summed E-state index contributed by atoms with van der Waals surface area (Å²) < 4.78 is 11.3. The van der Waals surface area contributed by atoms with E-state index in [2.05, 4.69) is 17.4 Å². The summed E-state index contributed by atoms with van der Waals surface area (Å²) >= 11 is 0. The lowest BCUT2D eigenvalue weighted by atomic mass is 9.87. The molecule has 1 amide bonds. The molecule has 0 saturated carbocycles. The summed E-state index contributed by atoms with van der Waals surface area (Å²) in [6.45, 7) is 4.05. The second-order valence-electron chi connectivity index (χ2n) is 14.2. The highest BCUT2D eigenvalue weighted by Crippen LogP contribution is 2.42. The van der Waals surface area contributed by atoms with Crippen molar-refractivity contribution in [3.8, 4) is 0 Å². The second kappa shape index (κ2) is 12.7. The smallest absolute Gasteiger partial charge is 0.338 e. The lowest BCUT2D eigenvalue weighted by molar-refractivity contribution is -0.143. The van der Waals surface area contributed by atoms with Crippen LogP contribution in [0, 0.1) is 5.92 Å². The van der Waals surface area contributed by atoms with Crippen LogP contribution in [0.25, 0.3) is 75.4 Å². The molecule has 0 saturated heterocycles. The van der Waals surface area contributed by atoms with Crippen molar-refractivity contribution in [2.75, 3.05) is 13.2 Å². The Labute approximate surface area is 308 Å². The van der Waals surface area contributed by atoms with Gasteiger partial charge in [0.2, 0.25) is 0 Å². The fourth-order valence-electron chi connectivity index (χ4n) is 8.04. The van der Waals surface area contributed by atoms with Crippen LogP contribution in [-0.4, -0.2) is 42.1 Å². The van der Waals surface area contributed by atoms with Crippen molar-refractivity contribution in [1.29, 1.82) is 0 Å². The molecule has 0 aromatic heterocycles. The highest BCUT2D eigenvalue weighted by Gasteiger charge is 2.21. The zero-order valence-corrected chi connectivity index (χ0v) is 29.5. The van der Waals surface area contributed by atoms with Gasteiger partial charge >= 0.3 is 17.9 Å². The zero-order valence-electron chi connectivity index (χ0n) is 29.5. The molecule has 0 spiro atoms. The van der Waals surface area contributed by atoms with E-state index in [0.717, 1.165) is 70.2 Å². The SMILES string of the molecule is CC(C)COC(=O)c1ccc2c3cccc4c(COC(=O)CNC(=O)c5ccc6ccc7c(C(=O)O)ccc8ccc5c6c87)ccc(c5cccc1c52)c43. The second-order valence-corrected chi connectivity index (χ2v) is 14.2. The highest BCUT2D eigenvalue weighted by atomic mass is 16.5. The van der Waals surface area contributed by atoms with Crippen molar-refractivity contribution in [3.63, 3.8) is 0 Å². The molecule has 9 aromatic carbocycles. The fourth-order valence-corrected chi connectivity index (χ4v) is 8.04. The molecule has 2 N–H and O–H groups in total. The first kappa shape index (κ1) is 33.1. The molecule has 0 aliphatic carbocycles. The van der Waals surface area contributed by atoms with Gasteiger partial charge in [-0.1, -0.05) is 105 Å². The zero-order chi connectivity index (χ0) is 37.2. The normalized spacial score (nSPS) is 11.9. The Kier molecular flexibility index (Phi) is 7.78. The number of aromatic carboxylic acids is 1. The molecule has 0 radical (unpaired) electrons. The van der Waals surface area contributed by atoms with E-state index < -0.39 is 17.8 Å². The van der Waals surface area contributed by atoms with Gasteiger partial charge < -0.3 is 19.9 Å². The Morgan fingerprint density at radius 3 is 1.72 bits per heavy atom. The first-order chi connectivity index (χ1) is 26.2. The standard InChI is InChI=1S/C46H33NO7/c1-24(2)22-54-46(52)38-20-19-33-29-6-3-5-28-27(13-16-32(42(28)29)30-7-4-8-31(38)43(30)33)23-53-39(48)21-47-44(49)36-17-11-25-10-15-35-37(45(50)51)18-12-26-9-14-34(36)40(25)41(26)35/h3-20,24H,21-23H2,1-2H3,(H,47,49)(H,50,51). The van der Waals surface area contributed by atoms with Gasteiger partial charge in [0.05, 0.1) is 17.7 Å². The number of carboxylic acids is 1. The summed E-state index contributed by atoms with van der Waals surface area (Å²) in [7, 11) is 0.